The van der Waals surface area contributed by atoms with Crippen molar-refractivity contribution in [2.75, 3.05) is 12.4 Å². The molecule has 0 aromatic carbocycles. The van der Waals surface area contributed by atoms with E-state index in [4.69, 9.17) is 4.84 Å². The number of hydrogen-bond acceptors (Lipinski definition) is 3. The molecule has 1 aliphatic heterocycles. The fraction of sp³-hybridized carbons (Fsp3) is 0.800. The molecule has 1 amide bonds. The van der Waals surface area contributed by atoms with E-state index in [1.165, 1.54) is 16.4 Å². The second-order valence-electron chi connectivity index (χ2n) is 1.65. The van der Waals surface area contributed by atoms with E-state index in [9.17, 15) is 4.79 Å². The molecule has 4 heteroatoms. The van der Waals surface area contributed by atoms with Crippen LogP contribution in [0.3, 0.4) is 0 Å². The highest BCUT2D eigenvalue weighted by atomic mass is 32.2. The fourth-order valence-corrected chi connectivity index (χ4v) is 1.45. The summed E-state index contributed by atoms with van der Waals surface area (Å²) >= 11 is 1.44. The Bertz CT molecular complexity index is 118. The Hall–Kier alpha value is -0.220. The van der Waals surface area contributed by atoms with Gasteiger partial charge in [-0.2, -0.15) is 4.47 Å². The molecule has 1 saturated heterocycles. The maximum Gasteiger partial charge on any atom is 0.257 e. The molecule has 1 fully saturated rings. The molecule has 9 heavy (non-hydrogen) atoms. The monoisotopic (exact) mass is 147 g/mol. The third-order valence-electron chi connectivity index (χ3n) is 0.974. The molecule has 0 bridgehead atoms. The van der Waals surface area contributed by atoms with Crippen LogP contribution in [0.25, 0.3) is 0 Å². The highest BCUT2D eigenvalue weighted by Gasteiger charge is 2.21. The van der Waals surface area contributed by atoms with E-state index in [0.717, 1.165) is 5.75 Å². The maximum atomic E-state index is 10.7. The first-order valence-corrected chi connectivity index (χ1v) is 3.87. The summed E-state index contributed by atoms with van der Waals surface area (Å²) in [5.41, 5.74) is 0. The van der Waals surface area contributed by atoms with Crippen molar-refractivity contribution in [3.05, 3.63) is 0 Å². The first-order chi connectivity index (χ1) is 4.34. The second-order valence-corrected chi connectivity index (χ2v) is 2.65. The van der Waals surface area contributed by atoms with Gasteiger partial charge in [0.05, 0.1) is 6.61 Å². The summed E-state index contributed by atoms with van der Waals surface area (Å²) < 4.78 is 1.36. The van der Waals surface area contributed by atoms with Gasteiger partial charge in [0.25, 0.3) is 5.91 Å². The van der Waals surface area contributed by atoms with Crippen LogP contribution in [0.2, 0.25) is 0 Å². The Kier molecular flexibility index (Phi) is 2.36. The summed E-state index contributed by atoms with van der Waals surface area (Å²) in [6.45, 7) is 2.44. The van der Waals surface area contributed by atoms with Gasteiger partial charge in [0, 0.05) is 12.2 Å². The van der Waals surface area contributed by atoms with Crippen molar-refractivity contribution in [2.45, 2.75) is 13.3 Å². The van der Waals surface area contributed by atoms with Crippen LogP contribution >= 0.6 is 11.9 Å². The fourth-order valence-electron chi connectivity index (χ4n) is 0.606. The number of hydrogen-bond donors (Lipinski definition) is 0. The average molecular weight is 147 g/mol. The van der Waals surface area contributed by atoms with Gasteiger partial charge in [-0.1, -0.05) is 0 Å². The van der Waals surface area contributed by atoms with Gasteiger partial charge in [0.2, 0.25) is 0 Å². The Morgan fingerprint density at radius 2 is 2.67 bits per heavy atom. The molecule has 52 valence electrons. The van der Waals surface area contributed by atoms with Crippen molar-refractivity contribution in [1.82, 2.24) is 4.47 Å². The quantitative estimate of drug-likeness (QED) is 0.541. The summed E-state index contributed by atoms with van der Waals surface area (Å²) in [5.74, 6) is 0.945. The molecule has 0 saturated carbocycles. The van der Waals surface area contributed by atoms with Crippen LogP contribution in [0.5, 0.6) is 0 Å². The molecule has 1 rings (SSSR count). The summed E-state index contributed by atoms with van der Waals surface area (Å²) in [6.07, 6.45) is 0.616. The van der Waals surface area contributed by atoms with Gasteiger partial charge in [0.15, 0.2) is 0 Å². The van der Waals surface area contributed by atoms with E-state index in [0.29, 0.717) is 13.0 Å². The number of nitrogens with zero attached hydrogens (tertiary/aromatic N) is 1. The smallest absolute Gasteiger partial charge is 0.257 e. The molecule has 0 aliphatic carbocycles. The molecule has 0 N–H and O–H groups in total. The lowest BCUT2D eigenvalue weighted by molar-refractivity contribution is -0.152. The van der Waals surface area contributed by atoms with Crippen LogP contribution < -0.4 is 0 Å². The maximum absolute atomic E-state index is 10.7. The minimum absolute atomic E-state index is 0.0850. The highest BCUT2D eigenvalue weighted by Crippen LogP contribution is 2.20. The standard InChI is InChI=1S/C5H9NO2S/c1-2-8-6-5(7)3-4-9-6/h2-4H2,1H3. The van der Waals surface area contributed by atoms with Gasteiger partial charge in [0.1, 0.15) is 0 Å². The van der Waals surface area contributed by atoms with Gasteiger partial charge >= 0.3 is 0 Å². The topological polar surface area (TPSA) is 29.5 Å². The summed E-state index contributed by atoms with van der Waals surface area (Å²) in [5, 5.41) is 0. The molecule has 1 aliphatic rings. The highest BCUT2D eigenvalue weighted by molar-refractivity contribution is 7.97. The van der Waals surface area contributed by atoms with Crippen molar-refractivity contribution in [2.24, 2.45) is 0 Å². The van der Waals surface area contributed by atoms with Crippen LogP contribution in [0.1, 0.15) is 13.3 Å². The van der Waals surface area contributed by atoms with Crippen molar-refractivity contribution in [3.63, 3.8) is 0 Å². The summed E-state index contributed by atoms with van der Waals surface area (Å²) in [4.78, 5) is 15.7. The number of rotatable bonds is 2. The predicted molar refractivity (Wildman–Crippen MR) is 35.5 cm³/mol. The third kappa shape index (κ3) is 1.59. The van der Waals surface area contributed by atoms with Gasteiger partial charge < -0.3 is 0 Å². The molecule has 0 aromatic heterocycles. The minimum atomic E-state index is 0.0850. The van der Waals surface area contributed by atoms with Crippen LogP contribution in [0, 0.1) is 0 Å². The van der Waals surface area contributed by atoms with E-state index in [1.807, 2.05) is 6.92 Å². The number of carbonyl (C=O) groups excluding carboxylic acids is 1. The van der Waals surface area contributed by atoms with Crippen LogP contribution in [-0.2, 0) is 9.63 Å². The SMILES string of the molecule is CCON1SCCC1=O. The number of hydroxylamine groups is 1. The summed E-state index contributed by atoms with van der Waals surface area (Å²) in [7, 11) is 0. The van der Waals surface area contributed by atoms with Crippen LogP contribution in [-0.4, -0.2) is 22.7 Å². The predicted octanol–water partition coefficient (Wildman–Crippen LogP) is 0.818. The first kappa shape index (κ1) is 6.89. The molecule has 0 atom stereocenters. The van der Waals surface area contributed by atoms with E-state index in [-0.39, 0.29) is 5.91 Å². The van der Waals surface area contributed by atoms with Gasteiger partial charge in [-0.3, -0.25) is 9.63 Å². The Balaban J connectivity index is 2.31. The third-order valence-corrected chi connectivity index (χ3v) is 1.90. The van der Waals surface area contributed by atoms with Crippen molar-refractivity contribution in [1.29, 1.82) is 0 Å². The van der Waals surface area contributed by atoms with Crippen molar-refractivity contribution >= 4 is 17.9 Å². The van der Waals surface area contributed by atoms with E-state index >= 15 is 0 Å². The van der Waals surface area contributed by atoms with Crippen molar-refractivity contribution < 1.29 is 9.63 Å². The number of amides is 1. The Morgan fingerprint density at radius 1 is 1.89 bits per heavy atom. The molecule has 1 heterocycles. The molecule has 0 radical (unpaired) electrons. The van der Waals surface area contributed by atoms with Crippen LogP contribution in [0.4, 0.5) is 0 Å². The Morgan fingerprint density at radius 3 is 3.11 bits per heavy atom. The van der Waals surface area contributed by atoms with Gasteiger partial charge in [-0.05, 0) is 18.9 Å². The van der Waals surface area contributed by atoms with Gasteiger partial charge in [-0.15, -0.1) is 0 Å². The lowest BCUT2D eigenvalue weighted by Gasteiger charge is -2.10. The Labute approximate surface area is 58.4 Å². The zero-order valence-electron chi connectivity index (χ0n) is 5.29. The largest absolute Gasteiger partial charge is 0.272 e. The zero-order valence-corrected chi connectivity index (χ0v) is 6.11. The molecule has 3 nitrogen and oxygen atoms in total. The number of carbonyl (C=O) groups is 1. The molecule has 0 aromatic rings. The lowest BCUT2D eigenvalue weighted by Crippen LogP contribution is -2.18. The molecule has 0 unspecified atom stereocenters. The molecule has 0 spiro atoms. The molecular weight excluding hydrogens is 138 g/mol. The second kappa shape index (κ2) is 3.08. The lowest BCUT2D eigenvalue weighted by atomic mass is 10.5. The van der Waals surface area contributed by atoms with Crippen molar-refractivity contribution in [3.8, 4) is 0 Å². The van der Waals surface area contributed by atoms with Gasteiger partial charge in [-0.25, -0.2) is 0 Å². The first-order valence-electron chi connectivity index (χ1n) is 2.93. The summed E-state index contributed by atoms with van der Waals surface area (Å²) in [6, 6.07) is 0. The zero-order chi connectivity index (χ0) is 6.69. The minimum Gasteiger partial charge on any atom is -0.272 e. The normalized spacial score (nSPS) is 19.2. The van der Waals surface area contributed by atoms with E-state index < -0.39 is 0 Å². The average Bonchev–Trinajstić information content (AvgIpc) is 2.18. The van der Waals surface area contributed by atoms with E-state index in [1.54, 1.807) is 0 Å². The van der Waals surface area contributed by atoms with Crippen LogP contribution in [0.15, 0.2) is 0 Å². The molecular formula is C5H9NO2S. The van der Waals surface area contributed by atoms with E-state index in [2.05, 4.69) is 0 Å².